The van der Waals surface area contributed by atoms with Gasteiger partial charge in [0.2, 0.25) is 0 Å². The lowest BCUT2D eigenvalue weighted by Gasteiger charge is -2.05. The Hall–Kier alpha value is -1.42. The zero-order chi connectivity index (χ0) is 10.7. The molecule has 0 spiro atoms. The Bertz CT molecular complexity index is 452. The highest BCUT2D eigenvalue weighted by molar-refractivity contribution is 6.31. The fraction of sp³-hybridized carbons (Fsp3) is 0.300. The Morgan fingerprint density at radius 1 is 1.27 bits per heavy atom. The monoisotopic (exact) mass is 222 g/mol. The van der Waals surface area contributed by atoms with Gasteiger partial charge in [0.15, 0.2) is 5.15 Å². The van der Waals surface area contributed by atoms with Crippen LogP contribution in [0.4, 0.5) is 0 Å². The van der Waals surface area contributed by atoms with Gasteiger partial charge in [-0.3, -0.25) is 4.68 Å². The average Bonchev–Trinajstić information content (AvgIpc) is 2.67. The molecule has 0 unspecified atom stereocenters. The summed E-state index contributed by atoms with van der Waals surface area (Å²) in [5, 5.41) is 4.63. The molecule has 0 N–H and O–H groups in total. The molecule has 78 valence electrons. The van der Waals surface area contributed by atoms with Gasteiger partial charge < -0.3 is 0 Å². The Kier molecular flexibility index (Phi) is 2.97. The molecule has 0 aliphatic rings. The van der Waals surface area contributed by atoms with E-state index in [1.807, 2.05) is 10.7 Å². The standard InChI is InChI=1S/C10H11ClN4/c1-2-7-15-8(3-4-14-15)9-10(11)13-6-5-12-9/h3-6H,2,7H2,1H3. The van der Waals surface area contributed by atoms with Crippen molar-refractivity contribution < 1.29 is 0 Å². The van der Waals surface area contributed by atoms with E-state index in [0.29, 0.717) is 10.8 Å². The predicted octanol–water partition coefficient (Wildman–Crippen LogP) is 2.40. The van der Waals surface area contributed by atoms with Crippen LogP contribution in [0.3, 0.4) is 0 Å². The van der Waals surface area contributed by atoms with Crippen molar-refractivity contribution in [2.24, 2.45) is 0 Å². The van der Waals surface area contributed by atoms with Gasteiger partial charge in [0.1, 0.15) is 5.69 Å². The van der Waals surface area contributed by atoms with E-state index in [1.54, 1.807) is 18.6 Å². The molecule has 0 aliphatic carbocycles. The summed E-state index contributed by atoms with van der Waals surface area (Å²) < 4.78 is 1.88. The lowest BCUT2D eigenvalue weighted by atomic mass is 10.3. The van der Waals surface area contributed by atoms with E-state index in [0.717, 1.165) is 18.7 Å². The van der Waals surface area contributed by atoms with Crippen molar-refractivity contribution in [1.29, 1.82) is 0 Å². The molecule has 0 atom stereocenters. The summed E-state index contributed by atoms with van der Waals surface area (Å²) in [6.45, 7) is 2.96. The molecular formula is C10H11ClN4. The second-order valence-electron chi connectivity index (χ2n) is 3.14. The molecule has 0 radical (unpaired) electrons. The maximum Gasteiger partial charge on any atom is 0.156 e. The van der Waals surface area contributed by atoms with Gasteiger partial charge in [-0.1, -0.05) is 18.5 Å². The first-order chi connectivity index (χ1) is 7.33. The van der Waals surface area contributed by atoms with E-state index in [1.165, 1.54) is 0 Å². The molecular weight excluding hydrogens is 212 g/mol. The minimum atomic E-state index is 0.412. The largest absolute Gasteiger partial charge is 0.263 e. The Morgan fingerprint density at radius 2 is 2.07 bits per heavy atom. The summed E-state index contributed by atoms with van der Waals surface area (Å²) in [4.78, 5) is 8.21. The summed E-state index contributed by atoms with van der Waals surface area (Å²) >= 11 is 5.97. The number of halogens is 1. The zero-order valence-corrected chi connectivity index (χ0v) is 9.15. The number of hydrogen-bond acceptors (Lipinski definition) is 3. The van der Waals surface area contributed by atoms with Gasteiger partial charge in [0.05, 0.1) is 5.69 Å². The minimum Gasteiger partial charge on any atom is -0.263 e. The first kappa shape index (κ1) is 10.1. The Labute approximate surface area is 92.9 Å². The van der Waals surface area contributed by atoms with E-state index in [4.69, 9.17) is 11.6 Å². The Morgan fingerprint density at radius 3 is 2.80 bits per heavy atom. The molecule has 0 aliphatic heterocycles. The third kappa shape index (κ3) is 1.99. The third-order valence-corrected chi connectivity index (χ3v) is 2.32. The molecule has 0 amide bonds. The first-order valence-corrected chi connectivity index (χ1v) is 5.19. The second-order valence-corrected chi connectivity index (χ2v) is 3.49. The Balaban J connectivity index is 2.45. The maximum atomic E-state index is 5.97. The molecule has 2 heterocycles. The van der Waals surface area contributed by atoms with Crippen molar-refractivity contribution in [2.45, 2.75) is 19.9 Å². The van der Waals surface area contributed by atoms with Crippen molar-refractivity contribution in [3.8, 4) is 11.4 Å². The molecule has 2 aromatic rings. The summed E-state index contributed by atoms with van der Waals surface area (Å²) in [6.07, 6.45) is 5.97. The van der Waals surface area contributed by atoms with Crippen molar-refractivity contribution in [2.75, 3.05) is 0 Å². The van der Waals surface area contributed by atoms with Gasteiger partial charge in [0.25, 0.3) is 0 Å². The van der Waals surface area contributed by atoms with Crippen LogP contribution < -0.4 is 0 Å². The molecule has 0 saturated heterocycles. The molecule has 2 aromatic heterocycles. The highest BCUT2D eigenvalue weighted by Crippen LogP contribution is 2.22. The highest BCUT2D eigenvalue weighted by Gasteiger charge is 2.10. The molecule has 2 rings (SSSR count). The van der Waals surface area contributed by atoms with Crippen LogP contribution in [-0.4, -0.2) is 19.7 Å². The molecule has 0 bridgehead atoms. The van der Waals surface area contributed by atoms with Crippen LogP contribution in [0.5, 0.6) is 0 Å². The fourth-order valence-corrected chi connectivity index (χ4v) is 1.62. The van der Waals surface area contributed by atoms with E-state index in [9.17, 15) is 0 Å². The van der Waals surface area contributed by atoms with Gasteiger partial charge in [0, 0.05) is 25.1 Å². The number of nitrogens with zero attached hydrogens (tertiary/aromatic N) is 4. The molecule has 0 saturated carbocycles. The van der Waals surface area contributed by atoms with Crippen LogP contribution in [0.2, 0.25) is 5.15 Å². The van der Waals surface area contributed by atoms with Crippen LogP contribution in [0.1, 0.15) is 13.3 Å². The lowest BCUT2D eigenvalue weighted by Crippen LogP contribution is -2.02. The molecule has 0 fully saturated rings. The van der Waals surface area contributed by atoms with Crippen LogP contribution in [-0.2, 0) is 6.54 Å². The molecule has 4 nitrogen and oxygen atoms in total. The lowest BCUT2D eigenvalue weighted by molar-refractivity contribution is 0.608. The van der Waals surface area contributed by atoms with Crippen LogP contribution in [0.25, 0.3) is 11.4 Å². The van der Waals surface area contributed by atoms with Crippen molar-refractivity contribution in [3.05, 3.63) is 29.8 Å². The summed E-state index contributed by atoms with van der Waals surface area (Å²) in [7, 11) is 0. The van der Waals surface area contributed by atoms with Crippen molar-refractivity contribution >= 4 is 11.6 Å². The van der Waals surface area contributed by atoms with Crippen molar-refractivity contribution in [1.82, 2.24) is 19.7 Å². The SMILES string of the molecule is CCCn1nccc1-c1nccnc1Cl. The second kappa shape index (κ2) is 4.40. The van der Waals surface area contributed by atoms with E-state index < -0.39 is 0 Å². The molecule has 15 heavy (non-hydrogen) atoms. The van der Waals surface area contributed by atoms with E-state index >= 15 is 0 Å². The predicted molar refractivity (Wildman–Crippen MR) is 58.6 cm³/mol. The van der Waals surface area contributed by atoms with E-state index in [2.05, 4.69) is 22.0 Å². The summed E-state index contributed by atoms with van der Waals surface area (Å²) in [6, 6.07) is 1.89. The van der Waals surface area contributed by atoms with Gasteiger partial charge in [-0.25, -0.2) is 9.97 Å². The molecule has 0 aromatic carbocycles. The van der Waals surface area contributed by atoms with Crippen LogP contribution in [0.15, 0.2) is 24.7 Å². The smallest absolute Gasteiger partial charge is 0.156 e. The van der Waals surface area contributed by atoms with Gasteiger partial charge >= 0.3 is 0 Å². The molecule has 5 heteroatoms. The first-order valence-electron chi connectivity index (χ1n) is 4.81. The third-order valence-electron chi connectivity index (χ3n) is 2.05. The summed E-state index contributed by atoms with van der Waals surface area (Å²) in [5.74, 6) is 0. The quantitative estimate of drug-likeness (QED) is 0.801. The number of hydrogen-bond donors (Lipinski definition) is 0. The number of aryl methyl sites for hydroxylation is 1. The summed E-state index contributed by atoms with van der Waals surface area (Å²) in [5.41, 5.74) is 1.60. The van der Waals surface area contributed by atoms with Crippen LogP contribution in [0, 0.1) is 0 Å². The number of aromatic nitrogens is 4. The van der Waals surface area contributed by atoms with Crippen molar-refractivity contribution in [3.63, 3.8) is 0 Å². The van der Waals surface area contributed by atoms with E-state index in [-0.39, 0.29) is 0 Å². The topological polar surface area (TPSA) is 43.6 Å². The zero-order valence-electron chi connectivity index (χ0n) is 8.39. The van der Waals surface area contributed by atoms with Gasteiger partial charge in [-0.2, -0.15) is 5.10 Å². The average molecular weight is 223 g/mol. The minimum absolute atomic E-state index is 0.412. The van der Waals surface area contributed by atoms with Gasteiger partial charge in [-0.05, 0) is 12.5 Å². The van der Waals surface area contributed by atoms with Gasteiger partial charge in [-0.15, -0.1) is 0 Å². The van der Waals surface area contributed by atoms with Crippen LogP contribution >= 0.6 is 11.6 Å². The normalized spacial score (nSPS) is 10.5. The fourth-order valence-electron chi connectivity index (χ4n) is 1.42. The highest BCUT2D eigenvalue weighted by atomic mass is 35.5. The maximum absolute atomic E-state index is 5.97. The number of rotatable bonds is 3.